The van der Waals surface area contributed by atoms with Gasteiger partial charge in [0.05, 0.1) is 28.8 Å². The first-order chi connectivity index (χ1) is 17.3. The zero-order valence-corrected chi connectivity index (χ0v) is 20.4. The van der Waals surface area contributed by atoms with E-state index in [9.17, 15) is 14.4 Å². The molecule has 1 saturated heterocycles. The van der Waals surface area contributed by atoms with E-state index in [1.807, 2.05) is 53.4 Å². The Morgan fingerprint density at radius 3 is 2.39 bits per heavy atom. The normalized spacial score (nSPS) is 21.3. The van der Waals surface area contributed by atoms with E-state index in [-0.39, 0.29) is 17.8 Å². The number of pyridine rings is 1. The molecule has 1 aliphatic carbocycles. The van der Waals surface area contributed by atoms with Crippen LogP contribution >= 0.6 is 0 Å². The van der Waals surface area contributed by atoms with Gasteiger partial charge >= 0.3 is 5.97 Å². The van der Waals surface area contributed by atoms with Crippen molar-refractivity contribution in [2.45, 2.75) is 30.3 Å². The third-order valence-electron chi connectivity index (χ3n) is 7.75. The molecule has 1 atom stereocenters. The minimum absolute atomic E-state index is 0.0851. The number of carbonyl (C=O) groups excluding carboxylic acids is 3. The lowest BCUT2D eigenvalue weighted by Gasteiger charge is -2.27. The van der Waals surface area contributed by atoms with Gasteiger partial charge in [0.2, 0.25) is 5.91 Å². The Balaban J connectivity index is 1.19. The quantitative estimate of drug-likeness (QED) is 0.530. The first kappa shape index (κ1) is 22.5. The van der Waals surface area contributed by atoms with Crippen molar-refractivity contribution < 1.29 is 19.1 Å². The third-order valence-corrected chi connectivity index (χ3v) is 7.75. The summed E-state index contributed by atoms with van der Waals surface area (Å²) >= 11 is 0. The van der Waals surface area contributed by atoms with Crippen LogP contribution in [0.2, 0.25) is 0 Å². The van der Waals surface area contributed by atoms with E-state index in [2.05, 4.69) is 4.98 Å². The molecular weight excluding hydrogens is 454 g/mol. The van der Waals surface area contributed by atoms with E-state index < -0.39 is 11.0 Å². The van der Waals surface area contributed by atoms with Crippen LogP contribution in [-0.4, -0.2) is 59.8 Å². The maximum atomic E-state index is 13.7. The van der Waals surface area contributed by atoms with Crippen LogP contribution in [0.4, 0.5) is 0 Å². The molecule has 1 unspecified atom stereocenters. The van der Waals surface area contributed by atoms with Gasteiger partial charge in [-0.1, -0.05) is 42.5 Å². The second kappa shape index (κ2) is 8.01. The number of hydrogen-bond donors (Lipinski definition) is 0. The van der Waals surface area contributed by atoms with Gasteiger partial charge in [-0.2, -0.15) is 0 Å². The summed E-state index contributed by atoms with van der Waals surface area (Å²) in [5, 5.41) is 0. The van der Waals surface area contributed by atoms with Crippen molar-refractivity contribution in [1.29, 1.82) is 0 Å². The topological polar surface area (TPSA) is 79.8 Å². The lowest BCUT2D eigenvalue weighted by atomic mass is 9.91. The fourth-order valence-corrected chi connectivity index (χ4v) is 5.57. The molecule has 0 bridgehead atoms. The number of rotatable bonds is 4. The van der Waals surface area contributed by atoms with Gasteiger partial charge < -0.3 is 14.5 Å². The van der Waals surface area contributed by atoms with Crippen LogP contribution in [0.3, 0.4) is 0 Å². The van der Waals surface area contributed by atoms with E-state index in [4.69, 9.17) is 4.74 Å². The van der Waals surface area contributed by atoms with Gasteiger partial charge in [-0.3, -0.25) is 14.6 Å². The lowest BCUT2D eigenvalue weighted by molar-refractivity contribution is -0.134. The van der Waals surface area contributed by atoms with Crippen molar-refractivity contribution in [2.24, 2.45) is 0 Å². The molecule has 1 aromatic heterocycles. The minimum Gasteiger partial charge on any atom is -0.449 e. The number of fused-ring (bicyclic) bond motifs is 2. The van der Waals surface area contributed by atoms with E-state index in [1.54, 1.807) is 32.4 Å². The molecule has 3 heterocycles. The predicted octanol–water partition coefficient (Wildman–Crippen LogP) is 3.78. The van der Waals surface area contributed by atoms with Crippen molar-refractivity contribution in [3.63, 3.8) is 0 Å². The second-order valence-corrected chi connectivity index (χ2v) is 10.2. The van der Waals surface area contributed by atoms with Gasteiger partial charge in [-0.15, -0.1) is 0 Å². The highest BCUT2D eigenvalue weighted by Gasteiger charge is 2.57. The van der Waals surface area contributed by atoms with Gasteiger partial charge in [0.25, 0.3) is 5.91 Å². The van der Waals surface area contributed by atoms with Crippen molar-refractivity contribution in [1.82, 2.24) is 14.8 Å². The molecule has 3 aliphatic rings. The number of carbonyl (C=O) groups is 3. The molecule has 7 nitrogen and oxygen atoms in total. The Labute approximate surface area is 209 Å². The maximum Gasteiger partial charge on any atom is 0.339 e. The minimum atomic E-state index is -0.727. The molecule has 2 fully saturated rings. The number of aromatic nitrogens is 1. The molecule has 0 radical (unpaired) electrons. The number of esters is 1. The van der Waals surface area contributed by atoms with Crippen LogP contribution in [0.25, 0.3) is 11.3 Å². The molecule has 3 aromatic rings. The van der Waals surface area contributed by atoms with E-state index in [0.717, 1.165) is 35.2 Å². The third kappa shape index (κ3) is 3.41. The van der Waals surface area contributed by atoms with E-state index in [0.29, 0.717) is 30.6 Å². The highest BCUT2D eigenvalue weighted by Crippen LogP contribution is 2.52. The number of hydrogen-bond acceptors (Lipinski definition) is 5. The van der Waals surface area contributed by atoms with Crippen molar-refractivity contribution in [2.75, 3.05) is 27.2 Å². The van der Waals surface area contributed by atoms with Gasteiger partial charge in [0.15, 0.2) is 5.60 Å². The largest absolute Gasteiger partial charge is 0.449 e. The smallest absolute Gasteiger partial charge is 0.339 e. The Bertz CT molecular complexity index is 1380. The highest BCUT2D eigenvalue weighted by molar-refractivity contribution is 5.96. The molecule has 1 spiro atoms. The van der Waals surface area contributed by atoms with Crippen molar-refractivity contribution >= 4 is 17.8 Å². The van der Waals surface area contributed by atoms with Gasteiger partial charge in [-0.25, -0.2) is 4.79 Å². The summed E-state index contributed by atoms with van der Waals surface area (Å²) < 4.78 is 5.84. The molecule has 2 aliphatic heterocycles. The van der Waals surface area contributed by atoms with Gasteiger partial charge in [0, 0.05) is 44.4 Å². The Morgan fingerprint density at radius 2 is 1.72 bits per heavy atom. The fraction of sp³-hybridized carbons (Fsp3) is 0.310. The van der Waals surface area contributed by atoms with Crippen LogP contribution in [0, 0.1) is 0 Å². The SMILES string of the molecule is CN(C)C(=O)c1ccc(-c2ccc(C3(C(=O)N4CCC5(C4)OC(=O)c4ccccc45)CC3)cc2)nc1. The summed E-state index contributed by atoms with van der Waals surface area (Å²) in [5.74, 6) is -0.278. The van der Waals surface area contributed by atoms with Crippen LogP contribution < -0.4 is 0 Å². The molecule has 1 saturated carbocycles. The monoisotopic (exact) mass is 481 g/mol. The number of benzene rings is 2. The highest BCUT2D eigenvalue weighted by atomic mass is 16.6. The first-order valence-corrected chi connectivity index (χ1v) is 12.2. The number of ether oxygens (including phenoxy) is 1. The molecule has 2 aromatic carbocycles. The molecule has 36 heavy (non-hydrogen) atoms. The average Bonchev–Trinajstić information content (AvgIpc) is 3.54. The summed E-state index contributed by atoms with van der Waals surface area (Å²) in [6.07, 6.45) is 3.83. The van der Waals surface area contributed by atoms with E-state index in [1.165, 1.54) is 4.90 Å². The standard InChI is InChI=1S/C29H27N3O4/c1-31(2)25(33)20-9-12-24(30-17-20)19-7-10-21(11-8-19)28(13-14-28)27(35)32-16-15-29(18-32)23-6-4-3-5-22(23)26(34)36-29/h3-12,17H,13-16,18H2,1-2H3. The summed E-state index contributed by atoms with van der Waals surface area (Å²) in [7, 11) is 3.43. The predicted molar refractivity (Wildman–Crippen MR) is 133 cm³/mol. The molecule has 6 rings (SSSR count). The number of nitrogens with zero attached hydrogens (tertiary/aromatic N) is 3. The van der Waals surface area contributed by atoms with E-state index >= 15 is 0 Å². The molecule has 0 N–H and O–H groups in total. The van der Waals surface area contributed by atoms with Crippen LogP contribution in [-0.2, 0) is 20.5 Å². The summed E-state index contributed by atoms with van der Waals surface area (Å²) in [6, 6.07) is 19.1. The summed E-state index contributed by atoms with van der Waals surface area (Å²) in [5.41, 5.74) is 3.51. The fourth-order valence-electron chi connectivity index (χ4n) is 5.57. The van der Waals surface area contributed by atoms with Crippen molar-refractivity contribution in [3.8, 4) is 11.3 Å². The van der Waals surface area contributed by atoms with Crippen LogP contribution in [0.5, 0.6) is 0 Å². The summed E-state index contributed by atoms with van der Waals surface area (Å²) in [4.78, 5) is 46.1. The number of amides is 2. The first-order valence-electron chi connectivity index (χ1n) is 12.2. The van der Waals surface area contributed by atoms with Gasteiger partial charge in [-0.05, 0) is 36.6 Å². The second-order valence-electron chi connectivity index (χ2n) is 10.2. The Morgan fingerprint density at radius 1 is 0.972 bits per heavy atom. The maximum absolute atomic E-state index is 13.7. The molecule has 7 heteroatoms. The molecular formula is C29H27N3O4. The van der Waals surface area contributed by atoms with Crippen molar-refractivity contribution in [3.05, 3.63) is 89.1 Å². The number of likely N-dealkylation sites (tertiary alicyclic amines) is 1. The zero-order chi connectivity index (χ0) is 25.1. The lowest BCUT2D eigenvalue weighted by Crippen LogP contribution is -2.40. The van der Waals surface area contributed by atoms with Crippen LogP contribution in [0.1, 0.15) is 51.1 Å². The Kier molecular flexibility index (Phi) is 5.00. The summed E-state index contributed by atoms with van der Waals surface area (Å²) in [6.45, 7) is 0.971. The average molecular weight is 482 g/mol. The van der Waals surface area contributed by atoms with Gasteiger partial charge in [0.1, 0.15) is 0 Å². The molecule has 182 valence electrons. The Hall–Kier alpha value is -4.00. The molecule has 2 amide bonds. The zero-order valence-electron chi connectivity index (χ0n) is 20.4. The van der Waals surface area contributed by atoms with Crippen LogP contribution in [0.15, 0.2) is 66.9 Å².